The fourth-order valence-corrected chi connectivity index (χ4v) is 2.24. The summed E-state index contributed by atoms with van der Waals surface area (Å²) in [6, 6.07) is 16.6. The monoisotopic (exact) mass is 259 g/mol. The summed E-state index contributed by atoms with van der Waals surface area (Å²) in [7, 11) is 0. The predicted octanol–water partition coefficient (Wildman–Crippen LogP) is 3.84. The van der Waals surface area contributed by atoms with E-state index in [1.165, 1.54) is 10.8 Å². The minimum Gasteiger partial charge on any atom is -0.198 e. The van der Waals surface area contributed by atoms with Crippen LogP contribution in [-0.2, 0) is 0 Å². The van der Waals surface area contributed by atoms with Gasteiger partial charge in [-0.25, -0.2) is 0 Å². The third kappa shape index (κ3) is 1.88. The first kappa shape index (κ1) is 10.2. The molecular weight excluding hydrogens is 250 g/mol. The van der Waals surface area contributed by atoms with Gasteiger partial charge in [0, 0.05) is 5.33 Å². The average Bonchev–Trinajstić information content (AvgIpc) is 2.31. The number of alkyl halides is 1. The molecule has 1 nitrogen and oxygen atoms in total. The highest BCUT2D eigenvalue weighted by Crippen LogP contribution is 2.26. The van der Waals surface area contributed by atoms with Gasteiger partial charge in [-0.2, -0.15) is 5.26 Å². The summed E-state index contributed by atoms with van der Waals surface area (Å²) in [5, 5.41) is 12.1. The van der Waals surface area contributed by atoms with Crippen LogP contribution < -0.4 is 0 Å². The second-order valence-electron chi connectivity index (χ2n) is 3.40. The molecule has 0 aliphatic rings. The minimum absolute atomic E-state index is 0.0731. The zero-order valence-electron chi connectivity index (χ0n) is 8.15. The number of rotatable bonds is 2. The van der Waals surface area contributed by atoms with Crippen LogP contribution in [0.3, 0.4) is 0 Å². The van der Waals surface area contributed by atoms with Crippen LogP contribution in [0.1, 0.15) is 11.5 Å². The van der Waals surface area contributed by atoms with E-state index in [0.717, 1.165) is 5.56 Å². The van der Waals surface area contributed by atoms with Gasteiger partial charge in [0.25, 0.3) is 0 Å². The van der Waals surface area contributed by atoms with Crippen LogP contribution in [0, 0.1) is 11.3 Å². The van der Waals surface area contributed by atoms with Crippen LogP contribution in [0.25, 0.3) is 10.8 Å². The van der Waals surface area contributed by atoms with E-state index >= 15 is 0 Å². The van der Waals surface area contributed by atoms with Crippen LogP contribution >= 0.6 is 15.9 Å². The van der Waals surface area contributed by atoms with E-state index < -0.39 is 0 Å². The highest BCUT2D eigenvalue weighted by Gasteiger charge is 2.11. The van der Waals surface area contributed by atoms with E-state index in [0.29, 0.717) is 5.33 Å². The number of hydrogen-bond acceptors (Lipinski definition) is 1. The van der Waals surface area contributed by atoms with E-state index in [4.69, 9.17) is 5.26 Å². The van der Waals surface area contributed by atoms with Crippen molar-refractivity contribution in [3.05, 3.63) is 48.0 Å². The lowest BCUT2D eigenvalue weighted by atomic mass is 9.96. The molecule has 0 radical (unpaired) electrons. The highest BCUT2D eigenvalue weighted by atomic mass is 79.9. The molecule has 1 unspecified atom stereocenters. The van der Waals surface area contributed by atoms with Gasteiger partial charge in [-0.15, -0.1) is 0 Å². The predicted molar refractivity (Wildman–Crippen MR) is 66.1 cm³/mol. The molecule has 15 heavy (non-hydrogen) atoms. The third-order valence-corrected chi connectivity index (χ3v) is 3.16. The van der Waals surface area contributed by atoms with Crippen LogP contribution in [0.15, 0.2) is 42.5 Å². The first-order valence-electron chi connectivity index (χ1n) is 4.80. The Morgan fingerprint density at radius 2 is 1.87 bits per heavy atom. The van der Waals surface area contributed by atoms with Crippen molar-refractivity contribution in [3.8, 4) is 6.07 Å². The van der Waals surface area contributed by atoms with E-state index in [1.54, 1.807) is 0 Å². The summed E-state index contributed by atoms with van der Waals surface area (Å²) in [6.07, 6.45) is 0. The molecule has 2 rings (SSSR count). The molecule has 0 saturated heterocycles. The van der Waals surface area contributed by atoms with Crippen molar-refractivity contribution in [2.24, 2.45) is 0 Å². The smallest absolute Gasteiger partial charge is 0.0815 e. The summed E-state index contributed by atoms with van der Waals surface area (Å²) < 4.78 is 0. The van der Waals surface area contributed by atoms with Crippen molar-refractivity contribution in [3.63, 3.8) is 0 Å². The molecule has 0 heterocycles. The van der Waals surface area contributed by atoms with Crippen LogP contribution in [0.4, 0.5) is 0 Å². The van der Waals surface area contributed by atoms with Gasteiger partial charge in [-0.05, 0) is 16.3 Å². The molecule has 1 atom stereocenters. The molecule has 2 aromatic carbocycles. The molecule has 0 spiro atoms. The van der Waals surface area contributed by atoms with Crippen LogP contribution in [-0.4, -0.2) is 5.33 Å². The van der Waals surface area contributed by atoms with Gasteiger partial charge < -0.3 is 0 Å². The first-order chi connectivity index (χ1) is 7.36. The minimum atomic E-state index is -0.0731. The maximum Gasteiger partial charge on any atom is 0.0815 e. The molecule has 0 saturated carbocycles. The van der Waals surface area contributed by atoms with Gasteiger partial charge in [0.15, 0.2) is 0 Å². The largest absolute Gasteiger partial charge is 0.198 e. The molecule has 0 amide bonds. The third-order valence-electron chi connectivity index (χ3n) is 2.51. The van der Waals surface area contributed by atoms with E-state index in [2.05, 4.69) is 40.2 Å². The summed E-state index contributed by atoms with van der Waals surface area (Å²) >= 11 is 3.38. The summed E-state index contributed by atoms with van der Waals surface area (Å²) in [6.45, 7) is 0. The van der Waals surface area contributed by atoms with Crippen molar-refractivity contribution >= 4 is 26.7 Å². The number of nitrogens with zero attached hydrogens (tertiary/aromatic N) is 1. The number of nitriles is 1. The lowest BCUT2D eigenvalue weighted by Crippen LogP contribution is -1.97. The van der Waals surface area contributed by atoms with Crippen molar-refractivity contribution in [1.82, 2.24) is 0 Å². The molecule has 0 bridgehead atoms. The van der Waals surface area contributed by atoms with E-state index in [9.17, 15) is 0 Å². The number of halogens is 1. The Morgan fingerprint density at radius 1 is 1.13 bits per heavy atom. The zero-order valence-corrected chi connectivity index (χ0v) is 9.74. The SMILES string of the molecule is N#CC(CBr)c1cccc2ccccc12. The topological polar surface area (TPSA) is 23.8 Å². The van der Waals surface area contributed by atoms with Gasteiger partial charge >= 0.3 is 0 Å². The van der Waals surface area contributed by atoms with Gasteiger partial charge in [-0.1, -0.05) is 58.4 Å². The Hall–Kier alpha value is -1.33. The first-order valence-corrected chi connectivity index (χ1v) is 5.92. The second kappa shape index (κ2) is 4.46. The molecule has 0 fully saturated rings. The normalized spacial score (nSPS) is 12.3. The lowest BCUT2D eigenvalue weighted by Gasteiger charge is -2.09. The molecule has 0 aliphatic heterocycles. The van der Waals surface area contributed by atoms with Crippen molar-refractivity contribution in [1.29, 1.82) is 5.26 Å². The second-order valence-corrected chi connectivity index (χ2v) is 4.05. The standard InChI is InChI=1S/C13H10BrN/c14-8-11(9-15)13-7-3-5-10-4-1-2-6-12(10)13/h1-7,11H,8H2. The molecule has 0 aliphatic carbocycles. The average molecular weight is 260 g/mol. The molecule has 0 N–H and O–H groups in total. The molecule has 0 aromatic heterocycles. The van der Waals surface area contributed by atoms with Gasteiger partial charge in [0.05, 0.1) is 12.0 Å². The number of fused-ring (bicyclic) bond motifs is 1. The lowest BCUT2D eigenvalue weighted by molar-refractivity contribution is 1.02. The van der Waals surface area contributed by atoms with Crippen LogP contribution in [0.5, 0.6) is 0 Å². The van der Waals surface area contributed by atoms with Crippen molar-refractivity contribution in [2.45, 2.75) is 5.92 Å². The van der Waals surface area contributed by atoms with Crippen molar-refractivity contribution in [2.75, 3.05) is 5.33 Å². The maximum atomic E-state index is 9.06. The Bertz CT molecular complexity index is 508. The highest BCUT2D eigenvalue weighted by molar-refractivity contribution is 9.09. The molecule has 2 aromatic rings. The van der Waals surface area contributed by atoms with Gasteiger partial charge in [0.2, 0.25) is 0 Å². The molecule has 74 valence electrons. The van der Waals surface area contributed by atoms with Gasteiger partial charge in [-0.3, -0.25) is 0 Å². The summed E-state index contributed by atoms with van der Waals surface area (Å²) in [5.74, 6) is -0.0731. The fraction of sp³-hybridized carbons (Fsp3) is 0.154. The maximum absolute atomic E-state index is 9.06. The molecule has 2 heteroatoms. The van der Waals surface area contributed by atoms with Gasteiger partial charge in [0.1, 0.15) is 0 Å². The Kier molecular flexibility index (Phi) is 3.03. The Labute approximate surface area is 97.5 Å². The quantitative estimate of drug-likeness (QED) is 0.752. The Balaban J connectivity index is 2.66. The number of benzene rings is 2. The number of hydrogen-bond donors (Lipinski definition) is 0. The summed E-state index contributed by atoms with van der Waals surface area (Å²) in [4.78, 5) is 0. The van der Waals surface area contributed by atoms with E-state index in [1.807, 2.05) is 24.3 Å². The zero-order chi connectivity index (χ0) is 10.7. The fourth-order valence-electron chi connectivity index (χ4n) is 1.74. The van der Waals surface area contributed by atoms with Crippen molar-refractivity contribution < 1.29 is 0 Å². The molecular formula is C13H10BrN. The van der Waals surface area contributed by atoms with Crippen LogP contribution in [0.2, 0.25) is 0 Å². The van der Waals surface area contributed by atoms with E-state index in [-0.39, 0.29) is 5.92 Å². The summed E-state index contributed by atoms with van der Waals surface area (Å²) in [5.41, 5.74) is 1.10. The Morgan fingerprint density at radius 3 is 2.60 bits per heavy atom.